The molecule has 17 heavy (non-hydrogen) atoms. The summed E-state index contributed by atoms with van der Waals surface area (Å²) in [4.78, 5) is 0. The van der Waals surface area contributed by atoms with Gasteiger partial charge in [-0.3, -0.25) is 0 Å². The number of hydrogen-bond acceptors (Lipinski definition) is 1. The van der Waals surface area contributed by atoms with Gasteiger partial charge >= 0.3 is 0 Å². The third kappa shape index (κ3) is 1.67. The normalized spacial score (nSPS) is 38.1. The third-order valence-electron chi connectivity index (χ3n) is 5.32. The quantitative estimate of drug-likeness (QED) is 0.809. The van der Waals surface area contributed by atoms with E-state index in [1.54, 1.807) is 6.42 Å². The lowest BCUT2D eigenvalue weighted by atomic mass is 9.84. The highest BCUT2D eigenvalue weighted by molar-refractivity contribution is 5.56. The van der Waals surface area contributed by atoms with Gasteiger partial charge in [0.15, 0.2) is 0 Å². The van der Waals surface area contributed by atoms with Crippen LogP contribution in [0.3, 0.4) is 0 Å². The average Bonchev–Trinajstić information content (AvgIpc) is 3.01. The zero-order valence-corrected chi connectivity index (χ0v) is 10.4. The van der Waals surface area contributed by atoms with Gasteiger partial charge in [-0.15, -0.1) is 0 Å². The van der Waals surface area contributed by atoms with Crippen LogP contribution >= 0.6 is 0 Å². The molecule has 4 unspecified atom stereocenters. The van der Waals surface area contributed by atoms with Crippen molar-refractivity contribution in [2.45, 2.75) is 44.6 Å². The predicted molar refractivity (Wildman–Crippen MR) is 71.1 cm³/mol. The van der Waals surface area contributed by atoms with Gasteiger partial charge < -0.3 is 5.32 Å². The standard InChI is InChI=1S/C16H21N/c1-2-4-16-13(3-1)9-15(17-16)10-14-8-11-5-6-12(14)7-11/h1-4,11-12,14-15,17H,5-10H2. The van der Waals surface area contributed by atoms with Crippen LogP contribution in [0.15, 0.2) is 24.3 Å². The first kappa shape index (κ1) is 9.99. The summed E-state index contributed by atoms with van der Waals surface area (Å²) in [5.74, 6) is 3.19. The largest absolute Gasteiger partial charge is 0.382 e. The van der Waals surface area contributed by atoms with Gasteiger partial charge in [0.1, 0.15) is 0 Å². The van der Waals surface area contributed by atoms with E-state index in [-0.39, 0.29) is 0 Å². The van der Waals surface area contributed by atoms with Crippen LogP contribution in [-0.2, 0) is 6.42 Å². The zero-order valence-electron chi connectivity index (χ0n) is 10.4. The van der Waals surface area contributed by atoms with Crippen molar-refractivity contribution in [1.29, 1.82) is 0 Å². The lowest BCUT2D eigenvalue weighted by Crippen LogP contribution is -2.23. The Hall–Kier alpha value is -0.980. The van der Waals surface area contributed by atoms with Crippen molar-refractivity contribution in [3.8, 4) is 0 Å². The average molecular weight is 227 g/mol. The van der Waals surface area contributed by atoms with Crippen LogP contribution < -0.4 is 5.32 Å². The van der Waals surface area contributed by atoms with Crippen LogP contribution in [0.5, 0.6) is 0 Å². The lowest BCUT2D eigenvalue weighted by molar-refractivity contribution is 0.301. The number of hydrogen-bond donors (Lipinski definition) is 1. The molecule has 4 rings (SSSR count). The van der Waals surface area contributed by atoms with Gasteiger partial charge in [-0.1, -0.05) is 24.6 Å². The first-order chi connectivity index (χ1) is 8.38. The molecule has 0 radical (unpaired) electrons. The summed E-state index contributed by atoms with van der Waals surface area (Å²) < 4.78 is 0. The van der Waals surface area contributed by atoms with Crippen LogP contribution in [0.4, 0.5) is 5.69 Å². The number of rotatable bonds is 2. The summed E-state index contributed by atoms with van der Waals surface area (Å²) in [7, 11) is 0. The van der Waals surface area contributed by atoms with Crippen molar-refractivity contribution in [3.05, 3.63) is 29.8 Å². The second-order valence-corrected chi connectivity index (χ2v) is 6.37. The summed E-state index contributed by atoms with van der Waals surface area (Å²) in [6.07, 6.45) is 8.79. The van der Waals surface area contributed by atoms with E-state index in [4.69, 9.17) is 0 Å². The molecular formula is C16H21N. The van der Waals surface area contributed by atoms with Crippen molar-refractivity contribution in [1.82, 2.24) is 0 Å². The first-order valence-corrected chi connectivity index (χ1v) is 7.23. The second-order valence-electron chi connectivity index (χ2n) is 6.37. The topological polar surface area (TPSA) is 12.0 Å². The molecule has 2 fully saturated rings. The monoisotopic (exact) mass is 227 g/mol. The number of anilines is 1. The van der Waals surface area contributed by atoms with E-state index in [2.05, 4.69) is 29.6 Å². The Balaban J connectivity index is 1.43. The minimum Gasteiger partial charge on any atom is -0.382 e. The van der Waals surface area contributed by atoms with Crippen LogP contribution in [0.25, 0.3) is 0 Å². The smallest absolute Gasteiger partial charge is 0.0375 e. The molecule has 2 bridgehead atoms. The van der Waals surface area contributed by atoms with E-state index in [0.717, 1.165) is 23.8 Å². The van der Waals surface area contributed by atoms with Gasteiger partial charge in [0, 0.05) is 11.7 Å². The molecule has 0 saturated heterocycles. The van der Waals surface area contributed by atoms with Crippen molar-refractivity contribution in [2.75, 3.05) is 5.32 Å². The van der Waals surface area contributed by atoms with Crippen LogP contribution in [0.2, 0.25) is 0 Å². The highest BCUT2D eigenvalue weighted by Crippen LogP contribution is 2.50. The molecule has 2 saturated carbocycles. The summed E-state index contributed by atoms with van der Waals surface area (Å²) in [5, 5.41) is 3.72. The van der Waals surface area contributed by atoms with Crippen LogP contribution in [-0.4, -0.2) is 6.04 Å². The fourth-order valence-electron chi connectivity index (χ4n) is 4.55. The van der Waals surface area contributed by atoms with Gasteiger partial charge in [0.05, 0.1) is 0 Å². The Kier molecular flexibility index (Phi) is 2.21. The van der Waals surface area contributed by atoms with E-state index in [9.17, 15) is 0 Å². The van der Waals surface area contributed by atoms with Crippen molar-refractivity contribution < 1.29 is 0 Å². The van der Waals surface area contributed by atoms with Crippen molar-refractivity contribution >= 4 is 5.69 Å². The third-order valence-corrected chi connectivity index (χ3v) is 5.32. The molecular weight excluding hydrogens is 206 g/mol. The molecule has 1 heteroatoms. The molecule has 1 aromatic rings. The van der Waals surface area contributed by atoms with Gasteiger partial charge in [-0.25, -0.2) is 0 Å². The maximum atomic E-state index is 3.72. The van der Waals surface area contributed by atoms with Gasteiger partial charge in [0.2, 0.25) is 0 Å². The minimum atomic E-state index is 0.719. The molecule has 1 nitrogen and oxygen atoms in total. The Labute approximate surface area is 104 Å². The molecule has 2 aliphatic carbocycles. The maximum absolute atomic E-state index is 3.72. The molecule has 1 heterocycles. The Bertz CT molecular complexity index is 400. The summed E-state index contributed by atoms with van der Waals surface area (Å²) >= 11 is 0. The highest BCUT2D eigenvalue weighted by atomic mass is 14.9. The second kappa shape index (κ2) is 3.76. The maximum Gasteiger partial charge on any atom is 0.0375 e. The fourth-order valence-corrected chi connectivity index (χ4v) is 4.55. The molecule has 1 N–H and O–H groups in total. The first-order valence-electron chi connectivity index (χ1n) is 7.23. The number of nitrogens with one attached hydrogen (secondary N) is 1. The molecule has 0 amide bonds. The van der Waals surface area contributed by atoms with Crippen molar-refractivity contribution in [2.24, 2.45) is 17.8 Å². The minimum absolute atomic E-state index is 0.719. The molecule has 90 valence electrons. The van der Waals surface area contributed by atoms with E-state index >= 15 is 0 Å². The molecule has 3 aliphatic rings. The Morgan fingerprint density at radius 1 is 1.12 bits per heavy atom. The molecule has 1 aromatic carbocycles. The number of fused-ring (bicyclic) bond motifs is 3. The van der Waals surface area contributed by atoms with E-state index in [1.165, 1.54) is 43.4 Å². The molecule has 0 spiro atoms. The van der Waals surface area contributed by atoms with Gasteiger partial charge in [-0.2, -0.15) is 0 Å². The lowest BCUT2D eigenvalue weighted by Gasteiger charge is -2.24. The van der Waals surface area contributed by atoms with E-state index < -0.39 is 0 Å². The summed E-state index contributed by atoms with van der Waals surface area (Å²) in [6, 6.07) is 9.54. The predicted octanol–water partition coefficient (Wildman–Crippen LogP) is 3.85. The molecule has 1 aliphatic heterocycles. The summed E-state index contributed by atoms with van der Waals surface area (Å²) in [6.45, 7) is 0. The number of benzene rings is 1. The number of para-hydroxylation sites is 1. The van der Waals surface area contributed by atoms with Gasteiger partial charge in [0.25, 0.3) is 0 Å². The molecule has 0 aromatic heterocycles. The zero-order chi connectivity index (χ0) is 11.2. The molecule has 4 atom stereocenters. The Morgan fingerprint density at radius 2 is 2.06 bits per heavy atom. The van der Waals surface area contributed by atoms with E-state index in [0.29, 0.717) is 0 Å². The van der Waals surface area contributed by atoms with E-state index in [1.807, 2.05) is 0 Å². The van der Waals surface area contributed by atoms with Gasteiger partial charge in [-0.05, 0) is 61.5 Å². The fraction of sp³-hybridized carbons (Fsp3) is 0.625. The van der Waals surface area contributed by atoms with Crippen molar-refractivity contribution in [3.63, 3.8) is 0 Å². The van der Waals surface area contributed by atoms with Crippen LogP contribution in [0.1, 0.15) is 37.7 Å². The SMILES string of the molecule is c1ccc2c(c1)CC(CC1CC3CCC1C3)N2. The highest BCUT2D eigenvalue weighted by Gasteiger charge is 2.40. The van der Waals surface area contributed by atoms with Crippen LogP contribution in [0, 0.1) is 17.8 Å². The Morgan fingerprint density at radius 3 is 2.82 bits per heavy atom. The summed E-state index contributed by atoms with van der Waals surface area (Å²) in [5.41, 5.74) is 2.92.